The molecule has 0 spiro atoms. The lowest BCUT2D eigenvalue weighted by atomic mass is 10.0. The number of para-hydroxylation sites is 1. The van der Waals surface area contributed by atoms with Crippen LogP contribution in [-0.2, 0) is 17.6 Å². The fraction of sp³-hybridized carbons (Fsp3) is 0.381. The van der Waals surface area contributed by atoms with Gasteiger partial charge < -0.3 is 20.7 Å². The lowest BCUT2D eigenvalue weighted by molar-refractivity contribution is -0.115. The minimum Gasteiger partial charge on any atom is -0.487 e. The van der Waals surface area contributed by atoms with Gasteiger partial charge in [0.25, 0.3) is 0 Å². The van der Waals surface area contributed by atoms with Crippen LogP contribution >= 0.6 is 0 Å². The number of nitrogens with zero attached hydrogens (tertiary/aromatic N) is 1. The van der Waals surface area contributed by atoms with E-state index in [-0.39, 0.29) is 18.6 Å². The molecule has 1 unspecified atom stereocenters. The van der Waals surface area contributed by atoms with E-state index in [0.717, 1.165) is 41.1 Å². The van der Waals surface area contributed by atoms with Gasteiger partial charge in [0.1, 0.15) is 11.9 Å². The number of ether oxygens (including phenoxy) is 1. The van der Waals surface area contributed by atoms with E-state index < -0.39 is 0 Å². The summed E-state index contributed by atoms with van der Waals surface area (Å²) in [6.45, 7) is 7.14. The van der Waals surface area contributed by atoms with Crippen LogP contribution in [-0.4, -0.2) is 25.1 Å². The average molecular weight is 353 g/mol. The number of carbonyl (C=O) groups excluding carboxylic acids is 1. The van der Waals surface area contributed by atoms with E-state index in [4.69, 9.17) is 10.5 Å². The zero-order valence-electron chi connectivity index (χ0n) is 15.7. The molecule has 2 aromatic carbocycles. The van der Waals surface area contributed by atoms with Crippen LogP contribution < -0.4 is 20.7 Å². The van der Waals surface area contributed by atoms with Crippen molar-refractivity contribution in [2.24, 2.45) is 0 Å². The van der Waals surface area contributed by atoms with Crippen molar-refractivity contribution in [1.29, 1.82) is 0 Å². The molecule has 0 aliphatic carbocycles. The lowest BCUT2D eigenvalue weighted by Crippen LogP contribution is -2.42. The van der Waals surface area contributed by atoms with Crippen molar-refractivity contribution in [3.63, 3.8) is 0 Å². The molecule has 26 heavy (non-hydrogen) atoms. The van der Waals surface area contributed by atoms with E-state index in [1.165, 1.54) is 0 Å². The van der Waals surface area contributed by atoms with Crippen molar-refractivity contribution in [2.75, 3.05) is 29.0 Å². The number of nitrogens with two attached hydrogens (primary N) is 1. The third-order valence-electron chi connectivity index (χ3n) is 4.73. The Balaban J connectivity index is 1.81. The topological polar surface area (TPSA) is 67.6 Å². The van der Waals surface area contributed by atoms with Crippen LogP contribution in [0.15, 0.2) is 36.4 Å². The fourth-order valence-electron chi connectivity index (χ4n) is 3.45. The van der Waals surface area contributed by atoms with Crippen molar-refractivity contribution in [3.05, 3.63) is 47.5 Å². The molecular weight excluding hydrogens is 326 g/mol. The lowest BCUT2D eigenvalue weighted by Gasteiger charge is -2.34. The largest absolute Gasteiger partial charge is 0.487 e. The molecule has 1 aliphatic heterocycles. The van der Waals surface area contributed by atoms with Crippen LogP contribution in [0.2, 0.25) is 0 Å². The second-order valence-corrected chi connectivity index (χ2v) is 6.74. The van der Waals surface area contributed by atoms with Crippen LogP contribution in [0.5, 0.6) is 5.75 Å². The molecule has 5 heteroatoms. The molecule has 2 aromatic rings. The first-order chi connectivity index (χ1) is 12.5. The highest BCUT2D eigenvalue weighted by atomic mass is 16.5. The maximum Gasteiger partial charge on any atom is 0.243 e. The van der Waals surface area contributed by atoms with Crippen LogP contribution in [0.25, 0.3) is 0 Å². The first-order valence-corrected chi connectivity index (χ1v) is 9.23. The second-order valence-electron chi connectivity index (χ2n) is 6.74. The summed E-state index contributed by atoms with van der Waals surface area (Å²) in [7, 11) is 0. The second kappa shape index (κ2) is 7.68. The number of amides is 1. The zero-order valence-corrected chi connectivity index (χ0v) is 15.7. The number of nitrogens with one attached hydrogen (secondary N) is 1. The van der Waals surface area contributed by atoms with Gasteiger partial charge in [-0.25, -0.2) is 0 Å². The highest BCUT2D eigenvalue weighted by Crippen LogP contribution is 2.35. The Hall–Kier alpha value is -2.69. The third kappa shape index (κ3) is 3.77. The van der Waals surface area contributed by atoms with Gasteiger partial charge in [0, 0.05) is 11.4 Å². The molecule has 5 nitrogen and oxygen atoms in total. The summed E-state index contributed by atoms with van der Waals surface area (Å²) >= 11 is 0. The Morgan fingerprint density at radius 2 is 1.92 bits per heavy atom. The standard InChI is InChI=1S/C21H27N3O2/c1-4-15-7-6-8-16(5-2)21(15)23-20(25)13-24-12-14(3)26-19-10-9-17(22)11-18(19)24/h6-11,14H,4-5,12-13,22H2,1-3H3,(H,23,25). The molecule has 1 heterocycles. The summed E-state index contributed by atoms with van der Waals surface area (Å²) in [4.78, 5) is 14.8. The van der Waals surface area contributed by atoms with Crippen molar-refractivity contribution in [3.8, 4) is 5.75 Å². The van der Waals surface area contributed by atoms with Gasteiger partial charge in [0.05, 0.1) is 18.8 Å². The van der Waals surface area contributed by atoms with Gasteiger partial charge >= 0.3 is 0 Å². The normalized spacial score (nSPS) is 16.0. The van der Waals surface area contributed by atoms with Crippen LogP contribution in [0.1, 0.15) is 31.9 Å². The highest BCUT2D eigenvalue weighted by Gasteiger charge is 2.25. The number of anilines is 3. The molecule has 0 aromatic heterocycles. The zero-order chi connectivity index (χ0) is 18.7. The number of hydrogen-bond donors (Lipinski definition) is 2. The number of benzene rings is 2. The summed E-state index contributed by atoms with van der Waals surface area (Å²) in [5.74, 6) is 0.747. The van der Waals surface area contributed by atoms with Gasteiger partial charge in [0.2, 0.25) is 5.91 Å². The maximum absolute atomic E-state index is 12.8. The summed E-state index contributed by atoms with van der Waals surface area (Å²) < 4.78 is 5.86. The molecule has 0 bridgehead atoms. The Labute approximate surface area is 155 Å². The highest BCUT2D eigenvalue weighted by molar-refractivity contribution is 5.96. The number of rotatable bonds is 5. The van der Waals surface area contributed by atoms with Gasteiger partial charge in [-0.2, -0.15) is 0 Å². The predicted octanol–water partition coefficient (Wildman–Crippen LogP) is 3.62. The van der Waals surface area contributed by atoms with E-state index in [2.05, 4.69) is 37.4 Å². The van der Waals surface area contributed by atoms with E-state index in [9.17, 15) is 4.79 Å². The minimum atomic E-state index is -0.0249. The van der Waals surface area contributed by atoms with Gasteiger partial charge in [-0.3, -0.25) is 4.79 Å². The van der Waals surface area contributed by atoms with Crippen LogP contribution in [0.4, 0.5) is 17.1 Å². The SMILES string of the molecule is CCc1cccc(CC)c1NC(=O)CN1CC(C)Oc2ccc(N)cc21. The molecule has 3 N–H and O–H groups in total. The van der Waals surface area contributed by atoms with Gasteiger partial charge in [0.15, 0.2) is 0 Å². The molecule has 0 fully saturated rings. The number of fused-ring (bicyclic) bond motifs is 1. The third-order valence-corrected chi connectivity index (χ3v) is 4.73. The smallest absolute Gasteiger partial charge is 0.243 e. The molecule has 1 atom stereocenters. The number of carbonyl (C=O) groups is 1. The van der Waals surface area contributed by atoms with E-state index in [0.29, 0.717) is 12.2 Å². The van der Waals surface area contributed by atoms with E-state index >= 15 is 0 Å². The predicted molar refractivity (Wildman–Crippen MR) is 107 cm³/mol. The van der Waals surface area contributed by atoms with Gasteiger partial charge in [-0.05, 0) is 49.1 Å². The molecule has 0 radical (unpaired) electrons. The summed E-state index contributed by atoms with van der Waals surface area (Å²) in [5.41, 5.74) is 10.7. The monoisotopic (exact) mass is 353 g/mol. The summed E-state index contributed by atoms with van der Waals surface area (Å²) in [6.07, 6.45) is 1.79. The van der Waals surface area contributed by atoms with Crippen molar-refractivity contribution in [2.45, 2.75) is 39.7 Å². The van der Waals surface area contributed by atoms with Crippen LogP contribution in [0, 0.1) is 0 Å². The van der Waals surface area contributed by atoms with Crippen molar-refractivity contribution in [1.82, 2.24) is 0 Å². The molecule has 1 amide bonds. The molecule has 138 valence electrons. The number of aryl methyl sites for hydroxylation is 2. The first-order valence-electron chi connectivity index (χ1n) is 9.23. The van der Waals surface area contributed by atoms with E-state index in [1.807, 2.05) is 30.0 Å². The Morgan fingerprint density at radius 1 is 1.23 bits per heavy atom. The summed E-state index contributed by atoms with van der Waals surface area (Å²) in [5, 5.41) is 3.14. The Morgan fingerprint density at radius 3 is 2.58 bits per heavy atom. The van der Waals surface area contributed by atoms with E-state index in [1.54, 1.807) is 0 Å². The molecular formula is C21H27N3O2. The van der Waals surface area contributed by atoms with Crippen molar-refractivity contribution >= 4 is 23.0 Å². The Kier molecular flexibility index (Phi) is 5.35. The first kappa shape index (κ1) is 18.1. The van der Waals surface area contributed by atoms with Crippen LogP contribution in [0.3, 0.4) is 0 Å². The fourth-order valence-corrected chi connectivity index (χ4v) is 3.45. The molecule has 0 saturated heterocycles. The average Bonchev–Trinajstić information content (AvgIpc) is 2.62. The quantitative estimate of drug-likeness (QED) is 0.806. The molecule has 0 saturated carbocycles. The summed E-state index contributed by atoms with van der Waals surface area (Å²) in [6, 6.07) is 11.7. The van der Waals surface area contributed by atoms with Gasteiger partial charge in [-0.1, -0.05) is 32.0 Å². The van der Waals surface area contributed by atoms with Crippen molar-refractivity contribution < 1.29 is 9.53 Å². The minimum absolute atomic E-state index is 0.0213. The number of hydrogen-bond acceptors (Lipinski definition) is 4. The molecule has 1 aliphatic rings. The van der Waals surface area contributed by atoms with Gasteiger partial charge in [-0.15, -0.1) is 0 Å². The molecule has 3 rings (SSSR count). The number of nitrogen functional groups attached to an aromatic ring is 1. The maximum atomic E-state index is 12.8. The Bertz CT molecular complexity index is 782.